The lowest BCUT2D eigenvalue weighted by molar-refractivity contribution is -0.138. The standard InChI is InChI=1S/C14H21N5O4/c1-18-11-10(12(22)17-14(18)23)19(7-9(20)21)13(16-11)15-8-5-3-2-4-6-8/h8,10-11H,2-7H2,1H3,(H,15,16)(H,20,21)(H,17,22,23). The first-order valence-corrected chi connectivity index (χ1v) is 7.88. The number of imide groups is 1. The van der Waals surface area contributed by atoms with E-state index in [1.807, 2.05) is 0 Å². The highest BCUT2D eigenvalue weighted by atomic mass is 16.4. The van der Waals surface area contributed by atoms with Gasteiger partial charge in [0.05, 0.1) is 0 Å². The van der Waals surface area contributed by atoms with Gasteiger partial charge in [0.25, 0.3) is 5.91 Å². The van der Waals surface area contributed by atoms with Crippen LogP contribution in [0.3, 0.4) is 0 Å². The number of hydrogen-bond donors (Lipinski definition) is 3. The van der Waals surface area contributed by atoms with Gasteiger partial charge in [-0.05, 0) is 12.8 Å². The maximum absolute atomic E-state index is 12.2. The predicted molar refractivity (Wildman–Crippen MR) is 80.7 cm³/mol. The smallest absolute Gasteiger partial charge is 0.325 e. The van der Waals surface area contributed by atoms with E-state index >= 15 is 0 Å². The number of fused-ring (bicyclic) bond motifs is 1. The Balaban J connectivity index is 1.83. The Hall–Kier alpha value is -2.32. The van der Waals surface area contributed by atoms with E-state index in [1.54, 1.807) is 7.05 Å². The maximum atomic E-state index is 12.2. The third-order valence-electron chi connectivity index (χ3n) is 4.60. The monoisotopic (exact) mass is 323 g/mol. The summed E-state index contributed by atoms with van der Waals surface area (Å²) in [5.41, 5.74) is 0. The van der Waals surface area contributed by atoms with Gasteiger partial charge in [-0.25, -0.2) is 9.79 Å². The molecule has 9 heteroatoms. The third-order valence-corrected chi connectivity index (χ3v) is 4.60. The number of guanidine groups is 1. The van der Waals surface area contributed by atoms with Crippen LogP contribution in [-0.4, -0.2) is 70.6 Å². The van der Waals surface area contributed by atoms with E-state index in [1.165, 1.54) is 16.2 Å². The molecule has 2 unspecified atom stereocenters. The van der Waals surface area contributed by atoms with E-state index < -0.39 is 30.1 Å². The van der Waals surface area contributed by atoms with E-state index in [0.717, 1.165) is 25.7 Å². The van der Waals surface area contributed by atoms with Crippen molar-refractivity contribution in [1.82, 2.24) is 20.4 Å². The molecule has 0 aromatic carbocycles. The molecule has 1 aliphatic carbocycles. The van der Waals surface area contributed by atoms with Gasteiger partial charge < -0.3 is 20.2 Å². The average molecular weight is 323 g/mol. The molecular weight excluding hydrogens is 302 g/mol. The number of carbonyl (C=O) groups excluding carboxylic acids is 2. The van der Waals surface area contributed by atoms with Crippen LogP contribution in [0.25, 0.3) is 0 Å². The molecule has 2 fully saturated rings. The predicted octanol–water partition coefficient (Wildman–Crippen LogP) is -0.459. The van der Waals surface area contributed by atoms with Crippen LogP contribution in [0.15, 0.2) is 4.99 Å². The van der Waals surface area contributed by atoms with Crippen LogP contribution < -0.4 is 10.6 Å². The number of carboxylic acid groups (broad SMARTS) is 1. The zero-order valence-electron chi connectivity index (χ0n) is 13.0. The van der Waals surface area contributed by atoms with Gasteiger partial charge in [-0.3, -0.25) is 14.9 Å². The Morgan fingerprint density at radius 1 is 1.35 bits per heavy atom. The number of aliphatic carboxylic acids is 1. The number of urea groups is 1. The van der Waals surface area contributed by atoms with E-state index in [-0.39, 0.29) is 12.6 Å². The molecule has 0 spiro atoms. The van der Waals surface area contributed by atoms with Crippen molar-refractivity contribution in [3.05, 3.63) is 0 Å². The lowest BCUT2D eigenvalue weighted by atomic mass is 9.96. The summed E-state index contributed by atoms with van der Waals surface area (Å²) in [6.45, 7) is -0.338. The Kier molecular flexibility index (Phi) is 4.10. The third kappa shape index (κ3) is 2.95. The number of likely N-dealkylation sites (N-methyl/N-ethyl adjacent to an activating group) is 1. The normalized spacial score (nSPS) is 28.3. The molecule has 23 heavy (non-hydrogen) atoms. The van der Waals surface area contributed by atoms with E-state index in [9.17, 15) is 14.4 Å². The Bertz CT molecular complexity index is 557. The van der Waals surface area contributed by atoms with Crippen molar-refractivity contribution in [3.8, 4) is 0 Å². The quantitative estimate of drug-likeness (QED) is 0.647. The highest BCUT2D eigenvalue weighted by Gasteiger charge is 2.49. The number of hydrogen-bond acceptors (Lipinski definition) is 6. The first-order valence-electron chi connectivity index (χ1n) is 7.88. The van der Waals surface area contributed by atoms with E-state index in [4.69, 9.17) is 5.11 Å². The van der Waals surface area contributed by atoms with E-state index in [0.29, 0.717) is 5.96 Å². The largest absolute Gasteiger partial charge is 0.480 e. The SMILES string of the molecule is CN1C(=O)NC(=O)C2C1N=C(NC1CCCCC1)N2CC(=O)O. The van der Waals surface area contributed by atoms with Gasteiger partial charge in [-0.1, -0.05) is 19.3 Å². The lowest BCUT2D eigenvalue weighted by Gasteiger charge is -2.36. The summed E-state index contributed by atoms with van der Waals surface area (Å²) in [5, 5.41) is 14.7. The fourth-order valence-corrected chi connectivity index (χ4v) is 3.39. The second kappa shape index (κ2) is 6.05. The Morgan fingerprint density at radius 2 is 2.04 bits per heavy atom. The van der Waals surface area contributed by atoms with Crippen molar-refractivity contribution < 1.29 is 19.5 Å². The van der Waals surface area contributed by atoms with Gasteiger partial charge in [0.1, 0.15) is 6.54 Å². The molecule has 1 saturated heterocycles. The van der Waals surface area contributed by atoms with Crippen LogP contribution >= 0.6 is 0 Å². The highest BCUT2D eigenvalue weighted by Crippen LogP contribution is 2.25. The van der Waals surface area contributed by atoms with Crippen molar-refractivity contribution >= 4 is 23.9 Å². The van der Waals surface area contributed by atoms with Crippen LogP contribution in [0.4, 0.5) is 4.79 Å². The minimum atomic E-state index is -1.05. The summed E-state index contributed by atoms with van der Waals surface area (Å²) < 4.78 is 0. The molecule has 0 bridgehead atoms. The van der Waals surface area contributed by atoms with Crippen LogP contribution in [0, 0.1) is 0 Å². The van der Waals surface area contributed by atoms with E-state index in [2.05, 4.69) is 15.6 Å². The first kappa shape index (κ1) is 15.6. The molecule has 126 valence electrons. The number of carbonyl (C=O) groups is 3. The summed E-state index contributed by atoms with van der Waals surface area (Å²) in [5.74, 6) is -1.16. The molecule has 3 aliphatic rings. The van der Waals surface area contributed by atoms with Crippen molar-refractivity contribution in [2.45, 2.75) is 50.4 Å². The highest BCUT2D eigenvalue weighted by molar-refractivity contribution is 6.04. The summed E-state index contributed by atoms with van der Waals surface area (Å²) >= 11 is 0. The summed E-state index contributed by atoms with van der Waals surface area (Å²) in [6.07, 6.45) is 4.74. The molecule has 0 radical (unpaired) electrons. The Labute approximate surface area is 133 Å². The van der Waals surface area contributed by atoms with Crippen LogP contribution in [0.1, 0.15) is 32.1 Å². The van der Waals surface area contributed by atoms with Crippen molar-refractivity contribution in [2.75, 3.05) is 13.6 Å². The molecule has 0 aromatic heterocycles. The second-order valence-electron chi connectivity index (χ2n) is 6.22. The fourth-order valence-electron chi connectivity index (χ4n) is 3.39. The zero-order chi connectivity index (χ0) is 16.6. The minimum absolute atomic E-state index is 0.225. The summed E-state index contributed by atoms with van der Waals surface area (Å²) in [4.78, 5) is 42.3. The minimum Gasteiger partial charge on any atom is -0.480 e. The van der Waals surface area contributed by atoms with Crippen molar-refractivity contribution in [1.29, 1.82) is 0 Å². The number of amides is 3. The maximum Gasteiger partial charge on any atom is 0.325 e. The molecule has 9 nitrogen and oxygen atoms in total. The molecule has 3 rings (SSSR count). The molecule has 2 aliphatic heterocycles. The molecule has 3 amide bonds. The van der Waals surface area contributed by atoms with Crippen LogP contribution in [0.2, 0.25) is 0 Å². The average Bonchev–Trinajstić information content (AvgIpc) is 2.84. The number of nitrogens with one attached hydrogen (secondary N) is 2. The number of carboxylic acids is 1. The van der Waals surface area contributed by atoms with Gasteiger partial charge in [-0.15, -0.1) is 0 Å². The molecule has 3 N–H and O–H groups in total. The fraction of sp³-hybridized carbons (Fsp3) is 0.714. The molecule has 2 atom stereocenters. The Morgan fingerprint density at radius 3 is 2.70 bits per heavy atom. The van der Waals surface area contributed by atoms with Crippen molar-refractivity contribution in [2.24, 2.45) is 4.99 Å². The van der Waals surface area contributed by atoms with Gasteiger partial charge >= 0.3 is 12.0 Å². The van der Waals surface area contributed by atoms with Crippen molar-refractivity contribution in [3.63, 3.8) is 0 Å². The second-order valence-corrected chi connectivity index (χ2v) is 6.22. The molecule has 1 saturated carbocycles. The first-order chi connectivity index (χ1) is 11.0. The molecule has 0 aromatic rings. The number of rotatable bonds is 3. The lowest BCUT2D eigenvalue weighted by Crippen LogP contribution is -2.64. The topological polar surface area (TPSA) is 114 Å². The molecule has 2 heterocycles. The van der Waals surface area contributed by atoms with Crippen LogP contribution in [0.5, 0.6) is 0 Å². The van der Waals surface area contributed by atoms with Gasteiger partial charge in [0.2, 0.25) is 0 Å². The summed E-state index contributed by atoms with van der Waals surface area (Å²) in [6, 6.07) is -1.10. The summed E-state index contributed by atoms with van der Waals surface area (Å²) in [7, 11) is 1.55. The number of nitrogens with zero attached hydrogens (tertiary/aromatic N) is 3. The number of aliphatic imine (C=N–C) groups is 1. The zero-order valence-corrected chi connectivity index (χ0v) is 13.0. The van der Waals surface area contributed by atoms with Crippen LogP contribution in [-0.2, 0) is 9.59 Å². The van der Waals surface area contributed by atoms with Gasteiger partial charge in [0.15, 0.2) is 18.2 Å². The van der Waals surface area contributed by atoms with Gasteiger partial charge in [-0.2, -0.15) is 0 Å². The van der Waals surface area contributed by atoms with Gasteiger partial charge in [0, 0.05) is 13.1 Å². The molecular formula is C14H21N5O4.